The molecule has 1 aromatic rings. The van der Waals surface area contributed by atoms with Crippen molar-refractivity contribution in [3.8, 4) is 0 Å². The van der Waals surface area contributed by atoms with Crippen LogP contribution >= 0.6 is 0 Å². The van der Waals surface area contributed by atoms with Gasteiger partial charge in [0.25, 0.3) is 5.91 Å². The van der Waals surface area contributed by atoms with Gasteiger partial charge in [0.05, 0.1) is 0 Å². The number of rotatable bonds is 5. The molecular weight excluding hydrogens is 204 g/mol. The van der Waals surface area contributed by atoms with E-state index < -0.39 is 0 Å². The fourth-order valence-corrected chi connectivity index (χ4v) is 1.78. The summed E-state index contributed by atoms with van der Waals surface area (Å²) in [4.78, 5) is 15.8. The van der Waals surface area contributed by atoms with Crippen LogP contribution in [0.2, 0.25) is 0 Å². The van der Waals surface area contributed by atoms with Crippen molar-refractivity contribution in [3.05, 3.63) is 11.6 Å². The van der Waals surface area contributed by atoms with Gasteiger partial charge >= 0.3 is 0 Å². The number of aromatic amines is 1. The maximum Gasteiger partial charge on any atom is 0.291 e. The largest absolute Gasteiger partial charge is 0.347 e. The van der Waals surface area contributed by atoms with E-state index in [1.54, 1.807) is 6.92 Å². The SMILES string of the molecule is CCC(CC1CC1)NC(=O)c1n[nH]c(C)n1. The third-order valence-electron chi connectivity index (χ3n) is 2.94. The highest BCUT2D eigenvalue weighted by Gasteiger charge is 2.26. The van der Waals surface area contributed by atoms with Gasteiger partial charge in [-0.05, 0) is 25.7 Å². The first-order valence-corrected chi connectivity index (χ1v) is 5.89. The van der Waals surface area contributed by atoms with Gasteiger partial charge in [0.1, 0.15) is 5.82 Å². The highest BCUT2D eigenvalue weighted by molar-refractivity contribution is 5.90. The molecule has 1 aliphatic carbocycles. The maximum atomic E-state index is 11.8. The van der Waals surface area contributed by atoms with E-state index in [2.05, 4.69) is 27.4 Å². The number of nitrogens with one attached hydrogen (secondary N) is 2. The van der Waals surface area contributed by atoms with E-state index in [1.165, 1.54) is 12.8 Å². The van der Waals surface area contributed by atoms with Crippen molar-refractivity contribution < 1.29 is 4.79 Å². The van der Waals surface area contributed by atoms with E-state index in [0.717, 1.165) is 18.8 Å². The summed E-state index contributed by atoms with van der Waals surface area (Å²) in [6, 6.07) is 0.263. The second-order valence-corrected chi connectivity index (χ2v) is 4.50. The molecule has 5 nitrogen and oxygen atoms in total. The molecule has 0 saturated heterocycles. The summed E-state index contributed by atoms with van der Waals surface area (Å²) in [7, 11) is 0. The highest BCUT2D eigenvalue weighted by Crippen LogP contribution is 2.34. The molecule has 16 heavy (non-hydrogen) atoms. The Balaban J connectivity index is 1.89. The zero-order chi connectivity index (χ0) is 11.5. The van der Waals surface area contributed by atoms with E-state index in [9.17, 15) is 4.79 Å². The third kappa shape index (κ3) is 2.81. The minimum atomic E-state index is -0.170. The van der Waals surface area contributed by atoms with Crippen LogP contribution in [-0.4, -0.2) is 27.1 Å². The average Bonchev–Trinajstić information content (AvgIpc) is 2.97. The van der Waals surface area contributed by atoms with E-state index in [-0.39, 0.29) is 17.8 Å². The molecule has 1 saturated carbocycles. The van der Waals surface area contributed by atoms with Crippen LogP contribution in [0.25, 0.3) is 0 Å². The molecule has 1 fully saturated rings. The number of carbonyl (C=O) groups excluding carboxylic acids is 1. The first-order valence-electron chi connectivity index (χ1n) is 5.89. The number of hydrogen-bond acceptors (Lipinski definition) is 3. The molecule has 0 spiro atoms. The molecule has 2 N–H and O–H groups in total. The van der Waals surface area contributed by atoms with Gasteiger partial charge in [0, 0.05) is 6.04 Å². The summed E-state index contributed by atoms with van der Waals surface area (Å²) < 4.78 is 0. The summed E-state index contributed by atoms with van der Waals surface area (Å²) in [6.45, 7) is 3.88. The number of nitrogens with zero attached hydrogens (tertiary/aromatic N) is 2. The van der Waals surface area contributed by atoms with Crippen LogP contribution in [0.3, 0.4) is 0 Å². The van der Waals surface area contributed by atoms with Gasteiger partial charge in [-0.25, -0.2) is 4.98 Å². The Hall–Kier alpha value is -1.39. The molecule has 0 radical (unpaired) electrons. The Morgan fingerprint density at radius 1 is 1.62 bits per heavy atom. The molecular formula is C11H18N4O. The van der Waals surface area contributed by atoms with Crippen LogP contribution in [0.5, 0.6) is 0 Å². The van der Waals surface area contributed by atoms with Crippen molar-refractivity contribution in [1.82, 2.24) is 20.5 Å². The van der Waals surface area contributed by atoms with Crippen LogP contribution in [0, 0.1) is 12.8 Å². The van der Waals surface area contributed by atoms with Gasteiger partial charge in [-0.15, -0.1) is 5.10 Å². The number of carbonyl (C=O) groups is 1. The molecule has 1 aromatic heterocycles. The zero-order valence-corrected chi connectivity index (χ0v) is 9.79. The quantitative estimate of drug-likeness (QED) is 0.791. The fourth-order valence-electron chi connectivity index (χ4n) is 1.78. The lowest BCUT2D eigenvalue weighted by molar-refractivity contribution is 0.0922. The van der Waals surface area contributed by atoms with Gasteiger partial charge in [0.15, 0.2) is 0 Å². The molecule has 5 heteroatoms. The van der Waals surface area contributed by atoms with Gasteiger partial charge in [-0.3, -0.25) is 9.89 Å². The molecule has 2 rings (SSSR count). The van der Waals surface area contributed by atoms with Crippen molar-refractivity contribution >= 4 is 5.91 Å². The van der Waals surface area contributed by atoms with Gasteiger partial charge in [0.2, 0.25) is 5.82 Å². The van der Waals surface area contributed by atoms with Crippen molar-refractivity contribution in [1.29, 1.82) is 0 Å². The number of amides is 1. The third-order valence-corrected chi connectivity index (χ3v) is 2.94. The minimum Gasteiger partial charge on any atom is -0.347 e. The lowest BCUT2D eigenvalue weighted by atomic mass is 10.1. The average molecular weight is 222 g/mol. The van der Waals surface area contributed by atoms with Crippen molar-refractivity contribution in [2.24, 2.45) is 5.92 Å². The van der Waals surface area contributed by atoms with Crippen molar-refractivity contribution in [3.63, 3.8) is 0 Å². The summed E-state index contributed by atoms with van der Waals surface area (Å²) in [5.74, 6) is 1.56. The summed E-state index contributed by atoms with van der Waals surface area (Å²) in [5.41, 5.74) is 0. The molecule has 1 amide bonds. The smallest absolute Gasteiger partial charge is 0.291 e. The second kappa shape index (κ2) is 4.63. The topological polar surface area (TPSA) is 70.7 Å². The molecule has 0 aliphatic heterocycles. The number of aryl methyl sites for hydroxylation is 1. The van der Waals surface area contributed by atoms with Gasteiger partial charge in [-0.1, -0.05) is 19.8 Å². The zero-order valence-electron chi connectivity index (χ0n) is 9.79. The van der Waals surface area contributed by atoms with E-state index in [1.807, 2.05) is 0 Å². The molecule has 1 aliphatic rings. The Kier molecular flexibility index (Phi) is 3.22. The summed E-state index contributed by atoms with van der Waals surface area (Å²) in [6.07, 6.45) is 4.68. The lowest BCUT2D eigenvalue weighted by Gasteiger charge is -2.15. The normalized spacial score (nSPS) is 17.1. The Morgan fingerprint density at radius 3 is 2.88 bits per heavy atom. The minimum absolute atomic E-state index is 0.170. The first-order chi connectivity index (χ1) is 7.69. The molecule has 1 heterocycles. The van der Waals surface area contributed by atoms with Crippen LogP contribution in [0.15, 0.2) is 0 Å². The van der Waals surface area contributed by atoms with E-state index in [0.29, 0.717) is 5.82 Å². The summed E-state index contributed by atoms with van der Waals surface area (Å²) >= 11 is 0. The molecule has 88 valence electrons. The van der Waals surface area contributed by atoms with Crippen LogP contribution in [0.1, 0.15) is 49.1 Å². The Morgan fingerprint density at radius 2 is 2.38 bits per heavy atom. The lowest BCUT2D eigenvalue weighted by Crippen LogP contribution is -2.35. The predicted molar refractivity (Wildman–Crippen MR) is 60.0 cm³/mol. The van der Waals surface area contributed by atoms with E-state index in [4.69, 9.17) is 0 Å². The van der Waals surface area contributed by atoms with Crippen LogP contribution < -0.4 is 5.32 Å². The second-order valence-electron chi connectivity index (χ2n) is 4.50. The number of aromatic nitrogens is 3. The monoisotopic (exact) mass is 222 g/mol. The van der Waals surface area contributed by atoms with Gasteiger partial charge in [-0.2, -0.15) is 0 Å². The molecule has 0 aromatic carbocycles. The number of H-pyrrole nitrogens is 1. The molecule has 0 bridgehead atoms. The highest BCUT2D eigenvalue weighted by atomic mass is 16.2. The fraction of sp³-hybridized carbons (Fsp3) is 0.727. The number of hydrogen-bond donors (Lipinski definition) is 2. The summed E-state index contributed by atoms with van der Waals surface area (Å²) in [5, 5.41) is 9.51. The van der Waals surface area contributed by atoms with E-state index >= 15 is 0 Å². The molecule has 1 atom stereocenters. The standard InChI is InChI=1S/C11H18N4O/c1-3-9(6-8-4-5-8)13-11(16)10-12-7(2)14-15-10/h8-9H,3-6H2,1-2H3,(H,13,16)(H,12,14,15). The maximum absolute atomic E-state index is 11.8. The van der Waals surface area contributed by atoms with Crippen molar-refractivity contribution in [2.45, 2.75) is 45.6 Å². The predicted octanol–water partition coefficient (Wildman–Crippen LogP) is 1.42. The Bertz CT molecular complexity index is 370. The van der Waals surface area contributed by atoms with Gasteiger partial charge < -0.3 is 5.32 Å². The van der Waals surface area contributed by atoms with Crippen LogP contribution in [0.4, 0.5) is 0 Å². The molecule has 1 unspecified atom stereocenters. The first kappa shape index (κ1) is 11.1. The Labute approximate surface area is 95.0 Å². The van der Waals surface area contributed by atoms with Crippen molar-refractivity contribution in [2.75, 3.05) is 0 Å². The van der Waals surface area contributed by atoms with Crippen LogP contribution in [-0.2, 0) is 0 Å².